The first-order valence-electron chi connectivity index (χ1n) is 5.87. The van der Waals surface area contributed by atoms with Crippen LogP contribution >= 0.6 is 7.80 Å². The van der Waals surface area contributed by atoms with Gasteiger partial charge in [-0.05, 0) is 12.8 Å². The first-order chi connectivity index (χ1) is 7.16. The second-order valence-electron chi connectivity index (χ2n) is 3.91. The molecule has 15 heavy (non-hydrogen) atoms. The number of amides is 1. The van der Waals surface area contributed by atoms with Crippen molar-refractivity contribution in [3.63, 3.8) is 0 Å². The van der Waals surface area contributed by atoms with Gasteiger partial charge < -0.3 is 5.73 Å². The van der Waals surface area contributed by atoms with Gasteiger partial charge in [0, 0.05) is 0 Å². The molecule has 0 aliphatic heterocycles. The Morgan fingerprint density at radius 2 is 1.67 bits per heavy atom. The summed E-state index contributed by atoms with van der Waals surface area (Å²) < 4.78 is 11.4. The van der Waals surface area contributed by atoms with Gasteiger partial charge in [-0.3, -0.25) is 4.79 Å². The summed E-state index contributed by atoms with van der Waals surface area (Å²) in [7, 11) is -1.19. The Morgan fingerprint density at radius 1 is 1.07 bits per heavy atom. The molecule has 0 radical (unpaired) electrons. The molecule has 0 spiro atoms. The van der Waals surface area contributed by atoms with E-state index in [1.165, 1.54) is 25.7 Å². The van der Waals surface area contributed by atoms with E-state index in [1.54, 1.807) is 0 Å². The van der Waals surface area contributed by atoms with Gasteiger partial charge in [-0.2, -0.15) is 0 Å². The van der Waals surface area contributed by atoms with Crippen LogP contribution in [0.1, 0.15) is 51.9 Å². The van der Waals surface area contributed by atoms with E-state index in [2.05, 4.69) is 6.92 Å². The fraction of sp³-hybridized carbons (Fsp3) is 0.909. The van der Waals surface area contributed by atoms with Gasteiger partial charge in [0.1, 0.15) is 6.16 Å². The first-order valence-corrected chi connectivity index (χ1v) is 7.50. The number of carbonyl (C=O) groups is 1. The van der Waals surface area contributed by atoms with Crippen LogP contribution in [0.5, 0.6) is 0 Å². The molecule has 88 valence electrons. The molecule has 1 unspecified atom stereocenters. The fourth-order valence-electron chi connectivity index (χ4n) is 1.42. The van der Waals surface area contributed by atoms with Crippen LogP contribution in [-0.2, 0) is 9.36 Å². The highest BCUT2D eigenvalue weighted by atomic mass is 31.1. The summed E-state index contributed by atoms with van der Waals surface area (Å²) in [5.74, 6) is -0.346. The third-order valence-corrected chi connectivity index (χ3v) is 3.91. The molecule has 3 nitrogen and oxygen atoms in total. The SMILES string of the molecule is CCCCCCCC[P+](=O)CCC(N)=O. The first kappa shape index (κ1) is 14.6. The zero-order chi connectivity index (χ0) is 11.5. The minimum absolute atomic E-state index is 0.269. The number of hydrogen-bond acceptors (Lipinski definition) is 2. The normalized spacial score (nSPS) is 11.4. The highest BCUT2D eigenvalue weighted by Crippen LogP contribution is 2.23. The number of hydrogen-bond donors (Lipinski definition) is 1. The summed E-state index contributed by atoms with van der Waals surface area (Å²) in [4.78, 5) is 10.4. The highest BCUT2D eigenvalue weighted by Gasteiger charge is 2.15. The molecule has 0 bridgehead atoms. The van der Waals surface area contributed by atoms with Gasteiger partial charge in [0.15, 0.2) is 6.16 Å². The van der Waals surface area contributed by atoms with Crippen molar-refractivity contribution in [1.29, 1.82) is 0 Å². The molecule has 1 atom stereocenters. The molecule has 0 aliphatic rings. The lowest BCUT2D eigenvalue weighted by molar-refractivity contribution is -0.117. The van der Waals surface area contributed by atoms with E-state index in [4.69, 9.17) is 5.73 Å². The van der Waals surface area contributed by atoms with Gasteiger partial charge in [-0.1, -0.05) is 37.2 Å². The molecule has 1 amide bonds. The predicted molar refractivity (Wildman–Crippen MR) is 64.5 cm³/mol. The summed E-state index contributed by atoms with van der Waals surface area (Å²) in [6.07, 6.45) is 8.77. The number of primary amides is 1. The van der Waals surface area contributed by atoms with Crippen molar-refractivity contribution in [2.24, 2.45) is 5.73 Å². The lowest BCUT2D eigenvalue weighted by atomic mass is 10.1. The average molecular weight is 232 g/mol. The molecule has 0 aromatic heterocycles. The predicted octanol–water partition coefficient (Wildman–Crippen LogP) is 3.05. The van der Waals surface area contributed by atoms with E-state index in [0.29, 0.717) is 6.16 Å². The van der Waals surface area contributed by atoms with Gasteiger partial charge in [0.05, 0.1) is 6.42 Å². The van der Waals surface area contributed by atoms with E-state index in [0.717, 1.165) is 19.0 Å². The van der Waals surface area contributed by atoms with Crippen molar-refractivity contribution in [1.82, 2.24) is 0 Å². The number of rotatable bonds is 10. The Balaban J connectivity index is 3.20. The van der Waals surface area contributed by atoms with Crippen LogP contribution < -0.4 is 5.73 Å². The van der Waals surface area contributed by atoms with Crippen LogP contribution in [0.2, 0.25) is 0 Å². The highest BCUT2D eigenvalue weighted by molar-refractivity contribution is 7.44. The average Bonchev–Trinajstić information content (AvgIpc) is 2.20. The van der Waals surface area contributed by atoms with E-state index in [1.807, 2.05) is 0 Å². The maximum Gasteiger partial charge on any atom is 0.339 e. The van der Waals surface area contributed by atoms with Gasteiger partial charge in [-0.15, -0.1) is 0 Å². The van der Waals surface area contributed by atoms with Crippen molar-refractivity contribution < 1.29 is 9.36 Å². The van der Waals surface area contributed by atoms with Crippen LogP contribution in [0.15, 0.2) is 0 Å². The van der Waals surface area contributed by atoms with Crippen LogP contribution in [0.25, 0.3) is 0 Å². The topological polar surface area (TPSA) is 60.2 Å². The van der Waals surface area contributed by atoms with Crippen molar-refractivity contribution >= 4 is 13.7 Å². The molecule has 0 rings (SSSR count). The monoisotopic (exact) mass is 232 g/mol. The quantitative estimate of drug-likeness (QED) is 0.465. The fourth-order valence-corrected chi connectivity index (χ4v) is 2.68. The summed E-state index contributed by atoms with van der Waals surface area (Å²) in [6, 6.07) is 0. The maximum absolute atomic E-state index is 11.4. The molecule has 0 saturated heterocycles. The lowest BCUT2D eigenvalue weighted by Gasteiger charge is -1.95. The van der Waals surface area contributed by atoms with Crippen molar-refractivity contribution in [3.8, 4) is 0 Å². The van der Waals surface area contributed by atoms with Crippen molar-refractivity contribution in [2.45, 2.75) is 51.9 Å². The zero-order valence-corrected chi connectivity index (χ0v) is 10.6. The molecule has 0 aliphatic carbocycles. The minimum atomic E-state index is -1.19. The van der Waals surface area contributed by atoms with Crippen LogP contribution in [0, 0.1) is 0 Å². The minimum Gasteiger partial charge on any atom is -0.370 e. The standard InChI is InChI=1S/C11H22NO2P/c1-2-3-4-5-6-7-9-15(14)10-8-11(12)13/h2-10H2,1H3,(H-,12,13)/p+1. The molecular weight excluding hydrogens is 209 g/mol. The third-order valence-electron chi connectivity index (χ3n) is 2.37. The van der Waals surface area contributed by atoms with Crippen LogP contribution in [0.4, 0.5) is 0 Å². The van der Waals surface area contributed by atoms with Crippen molar-refractivity contribution in [3.05, 3.63) is 0 Å². The Labute approximate surface area is 93.6 Å². The summed E-state index contributed by atoms with van der Waals surface area (Å²) in [5, 5.41) is 0. The van der Waals surface area contributed by atoms with Crippen LogP contribution in [0.3, 0.4) is 0 Å². The number of unbranched alkanes of at least 4 members (excludes halogenated alkanes) is 5. The summed E-state index contributed by atoms with van der Waals surface area (Å²) in [6.45, 7) is 2.20. The van der Waals surface area contributed by atoms with E-state index in [9.17, 15) is 9.36 Å². The lowest BCUT2D eigenvalue weighted by Crippen LogP contribution is -2.11. The van der Waals surface area contributed by atoms with Gasteiger partial charge in [0.25, 0.3) is 0 Å². The molecule has 4 heteroatoms. The van der Waals surface area contributed by atoms with Gasteiger partial charge in [0.2, 0.25) is 5.91 Å². The smallest absolute Gasteiger partial charge is 0.339 e. The molecule has 0 aromatic carbocycles. The second kappa shape index (κ2) is 10.1. The van der Waals surface area contributed by atoms with Gasteiger partial charge in [-0.25, -0.2) is 0 Å². The van der Waals surface area contributed by atoms with Crippen molar-refractivity contribution in [2.75, 3.05) is 12.3 Å². The summed E-state index contributed by atoms with van der Waals surface area (Å²) in [5.41, 5.74) is 4.98. The van der Waals surface area contributed by atoms with Crippen LogP contribution in [-0.4, -0.2) is 18.2 Å². The Hall–Kier alpha value is -0.430. The molecule has 0 fully saturated rings. The van der Waals surface area contributed by atoms with E-state index in [-0.39, 0.29) is 12.3 Å². The number of carbonyl (C=O) groups excluding carboxylic acids is 1. The Kier molecular flexibility index (Phi) is 9.81. The Morgan fingerprint density at radius 3 is 2.27 bits per heavy atom. The van der Waals surface area contributed by atoms with E-state index < -0.39 is 7.80 Å². The summed E-state index contributed by atoms with van der Waals surface area (Å²) >= 11 is 0. The van der Waals surface area contributed by atoms with E-state index >= 15 is 0 Å². The largest absolute Gasteiger partial charge is 0.370 e. The second-order valence-corrected chi connectivity index (χ2v) is 5.77. The third kappa shape index (κ3) is 11.5. The molecule has 0 aromatic rings. The molecule has 0 heterocycles. The zero-order valence-electron chi connectivity index (χ0n) is 9.71. The molecular formula is C11H23NO2P+. The number of nitrogens with two attached hydrogens (primary N) is 1. The maximum atomic E-state index is 11.4. The van der Waals surface area contributed by atoms with Gasteiger partial charge >= 0.3 is 7.80 Å². The molecule has 0 saturated carbocycles. The molecule has 2 N–H and O–H groups in total. The Bertz CT molecular complexity index is 195.